The van der Waals surface area contributed by atoms with Gasteiger partial charge in [0.05, 0.1) is 0 Å². The van der Waals surface area contributed by atoms with Crippen molar-refractivity contribution in [3.8, 4) is 33.4 Å². The zero-order chi connectivity index (χ0) is 29.4. The Bertz CT molecular complexity index is 1800. The Morgan fingerprint density at radius 3 is 2.02 bits per heavy atom. The van der Waals surface area contributed by atoms with Gasteiger partial charge in [-0.3, -0.25) is 0 Å². The van der Waals surface area contributed by atoms with E-state index in [1.807, 2.05) is 0 Å². The molecule has 0 fully saturated rings. The third-order valence-electron chi connectivity index (χ3n) is 9.33. The van der Waals surface area contributed by atoms with E-state index < -0.39 is 0 Å². The molecule has 4 aromatic rings. The van der Waals surface area contributed by atoms with Crippen LogP contribution in [0, 0.1) is 33.6 Å². The van der Waals surface area contributed by atoms with Crippen molar-refractivity contribution >= 4 is 11.1 Å². The van der Waals surface area contributed by atoms with Gasteiger partial charge in [-0.1, -0.05) is 110 Å². The summed E-state index contributed by atoms with van der Waals surface area (Å²) in [6.07, 6.45) is 15.0. The van der Waals surface area contributed by atoms with Gasteiger partial charge >= 0.3 is 0 Å². The summed E-state index contributed by atoms with van der Waals surface area (Å²) in [5.41, 5.74) is 20.0. The molecular weight excluding hydrogens is 504 g/mol. The molecule has 0 radical (unpaired) electrons. The Hall–Kier alpha value is -4.16. The summed E-state index contributed by atoms with van der Waals surface area (Å²) in [6.45, 7) is 13.6. The summed E-state index contributed by atoms with van der Waals surface area (Å²) in [7, 11) is 0. The number of hydrogen-bond donors (Lipinski definition) is 0. The summed E-state index contributed by atoms with van der Waals surface area (Å²) in [5.74, 6) is 0.599. The van der Waals surface area contributed by atoms with Crippen LogP contribution in [0.15, 0.2) is 109 Å². The van der Waals surface area contributed by atoms with Crippen LogP contribution in [0.2, 0.25) is 0 Å². The molecule has 210 valence electrons. The molecule has 1 unspecified atom stereocenters. The SMILES string of the molecule is CC1=C(c2cccc(-c3ccc(C4=CCC(C)C=C4)cc3-c3cccc(-c4cc(C)ccc4C)c3C)c2C)CCC=C1. The zero-order valence-corrected chi connectivity index (χ0v) is 26.0. The number of rotatable bonds is 5. The van der Waals surface area contributed by atoms with Gasteiger partial charge in [0.2, 0.25) is 0 Å². The summed E-state index contributed by atoms with van der Waals surface area (Å²) >= 11 is 0. The third kappa shape index (κ3) is 5.27. The van der Waals surface area contributed by atoms with Gasteiger partial charge in [0, 0.05) is 0 Å². The fourth-order valence-electron chi connectivity index (χ4n) is 6.76. The Labute approximate surface area is 252 Å². The minimum atomic E-state index is 0.599. The minimum absolute atomic E-state index is 0.599. The molecule has 0 amide bonds. The first kappa shape index (κ1) is 28.0. The smallest absolute Gasteiger partial charge is 0.00963 e. The first-order valence-corrected chi connectivity index (χ1v) is 15.5. The van der Waals surface area contributed by atoms with E-state index in [-0.39, 0.29) is 0 Å². The Morgan fingerprint density at radius 1 is 0.619 bits per heavy atom. The molecule has 6 rings (SSSR count). The van der Waals surface area contributed by atoms with Crippen molar-refractivity contribution in [1.82, 2.24) is 0 Å². The van der Waals surface area contributed by atoms with Crippen molar-refractivity contribution in [2.45, 2.75) is 60.8 Å². The molecule has 1 atom stereocenters. The third-order valence-corrected chi connectivity index (χ3v) is 9.33. The number of hydrogen-bond acceptors (Lipinski definition) is 0. The highest BCUT2D eigenvalue weighted by Crippen LogP contribution is 2.43. The lowest BCUT2D eigenvalue weighted by Gasteiger charge is -2.22. The van der Waals surface area contributed by atoms with Gasteiger partial charge in [0.25, 0.3) is 0 Å². The predicted molar refractivity (Wildman–Crippen MR) is 184 cm³/mol. The van der Waals surface area contributed by atoms with Gasteiger partial charge in [-0.05, 0) is 144 Å². The van der Waals surface area contributed by atoms with Crippen LogP contribution in [-0.4, -0.2) is 0 Å². The maximum Gasteiger partial charge on any atom is -0.00963 e. The quantitative estimate of drug-likeness (QED) is 0.233. The molecule has 0 heterocycles. The second-order valence-corrected chi connectivity index (χ2v) is 12.4. The summed E-state index contributed by atoms with van der Waals surface area (Å²) in [6, 6.07) is 27.7. The molecular formula is C42H42. The molecule has 4 aromatic carbocycles. The van der Waals surface area contributed by atoms with Gasteiger partial charge in [-0.25, -0.2) is 0 Å². The van der Waals surface area contributed by atoms with Crippen LogP contribution >= 0.6 is 0 Å². The van der Waals surface area contributed by atoms with Gasteiger partial charge in [-0.2, -0.15) is 0 Å². The fraction of sp³-hybridized carbons (Fsp3) is 0.238. The Balaban J connectivity index is 1.58. The minimum Gasteiger partial charge on any atom is -0.0839 e. The van der Waals surface area contributed by atoms with Crippen LogP contribution in [0.4, 0.5) is 0 Å². The monoisotopic (exact) mass is 546 g/mol. The number of allylic oxidation sites excluding steroid dienone is 8. The van der Waals surface area contributed by atoms with Gasteiger partial charge in [-0.15, -0.1) is 0 Å². The largest absolute Gasteiger partial charge is 0.0839 e. The van der Waals surface area contributed by atoms with Gasteiger partial charge < -0.3 is 0 Å². The van der Waals surface area contributed by atoms with E-state index in [0.717, 1.165) is 19.3 Å². The molecule has 2 aliphatic carbocycles. The first-order chi connectivity index (χ1) is 20.3. The average Bonchev–Trinajstić information content (AvgIpc) is 2.99. The lowest BCUT2D eigenvalue weighted by atomic mass is 9.82. The van der Waals surface area contributed by atoms with Crippen molar-refractivity contribution in [3.63, 3.8) is 0 Å². The van der Waals surface area contributed by atoms with E-state index in [4.69, 9.17) is 0 Å². The number of aryl methyl sites for hydroxylation is 2. The van der Waals surface area contributed by atoms with E-state index in [9.17, 15) is 0 Å². The number of benzene rings is 4. The van der Waals surface area contributed by atoms with Crippen molar-refractivity contribution in [1.29, 1.82) is 0 Å². The van der Waals surface area contributed by atoms with Crippen LogP contribution in [0.1, 0.15) is 66.5 Å². The molecule has 42 heavy (non-hydrogen) atoms. The van der Waals surface area contributed by atoms with Crippen molar-refractivity contribution in [3.05, 3.63) is 142 Å². The Kier molecular flexibility index (Phi) is 7.74. The predicted octanol–water partition coefficient (Wildman–Crippen LogP) is 12.0. The van der Waals surface area contributed by atoms with E-state index in [1.165, 1.54) is 83.5 Å². The van der Waals surface area contributed by atoms with E-state index >= 15 is 0 Å². The molecule has 0 saturated carbocycles. The highest BCUT2D eigenvalue weighted by atomic mass is 14.2. The average molecular weight is 547 g/mol. The maximum atomic E-state index is 2.44. The van der Waals surface area contributed by atoms with E-state index in [0.29, 0.717) is 5.92 Å². The first-order valence-electron chi connectivity index (χ1n) is 15.5. The van der Waals surface area contributed by atoms with Crippen molar-refractivity contribution in [2.24, 2.45) is 5.92 Å². The van der Waals surface area contributed by atoms with E-state index in [1.54, 1.807) is 0 Å². The van der Waals surface area contributed by atoms with Crippen LogP contribution in [0.3, 0.4) is 0 Å². The normalized spacial score (nSPS) is 16.6. The highest BCUT2D eigenvalue weighted by Gasteiger charge is 2.19. The lowest BCUT2D eigenvalue weighted by Crippen LogP contribution is -1.99. The topological polar surface area (TPSA) is 0 Å². The summed E-state index contributed by atoms with van der Waals surface area (Å²) in [5, 5.41) is 0. The summed E-state index contributed by atoms with van der Waals surface area (Å²) < 4.78 is 0. The molecule has 0 N–H and O–H groups in total. The molecule has 0 aromatic heterocycles. The van der Waals surface area contributed by atoms with Crippen LogP contribution in [0.25, 0.3) is 44.5 Å². The highest BCUT2D eigenvalue weighted by molar-refractivity contribution is 5.93. The lowest BCUT2D eigenvalue weighted by molar-refractivity contribution is 0.739. The molecule has 0 aliphatic heterocycles. The van der Waals surface area contributed by atoms with Gasteiger partial charge in [0.1, 0.15) is 0 Å². The molecule has 2 aliphatic rings. The second kappa shape index (κ2) is 11.6. The van der Waals surface area contributed by atoms with Gasteiger partial charge in [0.15, 0.2) is 0 Å². The molecule has 0 saturated heterocycles. The van der Waals surface area contributed by atoms with Crippen LogP contribution in [0.5, 0.6) is 0 Å². The summed E-state index contributed by atoms with van der Waals surface area (Å²) in [4.78, 5) is 0. The fourth-order valence-corrected chi connectivity index (χ4v) is 6.76. The van der Waals surface area contributed by atoms with Crippen LogP contribution < -0.4 is 0 Å². The standard InChI is InChI=1S/C42H42/c1-27-18-21-33(22-19-27)34-23-24-40(37-14-9-13-36(31(37)5)35-12-8-7-11-29(35)3)42(26-34)39-16-10-15-38(32(39)6)41-25-28(2)17-20-30(41)4/h7,9-11,13-18,20-27H,8,12,19H2,1-6H3. The second-order valence-electron chi connectivity index (χ2n) is 12.4. The van der Waals surface area contributed by atoms with Crippen molar-refractivity contribution < 1.29 is 0 Å². The van der Waals surface area contributed by atoms with Crippen LogP contribution in [-0.2, 0) is 0 Å². The molecule has 0 nitrogen and oxygen atoms in total. The maximum absolute atomic E-state index is 2.44. The molecule has 0 heteroatoms. The molecule has 0 spiro atoms. The zero-order valence-electron chi connectivity index (χ0n) is 26.0. The molecule has 0 bridgehead atoms. The van der Waals surface area contributed by atoms with E-state index in [2.05, 4.69) is 145 Å². The van der Waals surface area contributed by atoms with Crippen molar-refractivity contribution in [2.75, 3.05) is 0 Å². The Morgan fingerprint density at radius 2 is 1.31 bits per heavy atom.